The van der Waals surface area contributed by atoms with E-state index in [1.54, 1.807) is 0 Å². The first-order valence-corrected chi connectivity index (χ1v) is 12.5. The Morgan fingerprint density at radius 3 is 2.33 bits per heavy atom. The Hall–Kier alpha value is -2.28. The molecule has 0 N–H and O–H groups in total. The summed E-state index contributed by atoms with van der Waals surface area (Å²) in [6, 6.07) is 13.1. The highest BCUT2D eigenvalue weighted by Gasteiger charge is 2.42. The molecule has 1 unspecified atom stereocenters. The van der Waals surface area contributed by atoms with Crippen molar-refractivity contribution in [3.05, 3.63) is 53.1 Å². The number of nitrogens with zero attached hydrogens (tertiary/aromatic N) is 3. The molecule has 6 heteroatoms. The van der Waals surface area contributed by atoms with Crippen LogP contribution in [0.2, 0.25) is 0 Å². The van der Waals surface area contributed by atoms with Gasteiger partial charge in [-0.25, -0.2) is 0 Å². The van der Waals surface area contributed by atoms with Crippen LogP contribution in [0, 0.1) is 5.41 Å². The quantitative estimate of drug-likeness (QED) is 0.693. The lowest BCUT2D eigenvalue weighted by atomic mass is 9.86. The minimum Gasteiger partial charge on any atom is -0.492 e. The van der Waals surface area contributed by atoms with Gasteiger partial charge in [-0.1, -0.05) is 19.1 Å². The van der Waals surface area contributed by atoms with Gasteiger partial charge in [-0.2, -0.15) is 0 Å². The maximum Gasteiger partial charge on any atom is 0.231 e. The SMILES string of the molecule is CCN1CCC2(CCN(Cc3ccc4c(c3)CN(Cc3ccc5c(c3)OCO5)CCO4)C2)C1. The summed E-state index contributed by atoms with van der Waals surface area (Å²) in [5, 5.41) is 0. The Kier molecular flexibility index (Phi) is 5.68. The van der Waals surface area contributed by atoms with Gasteiger partial charge in [0.2, 0.25) is 6.79 Å². The number of hydrogen-bond acceptors (Lipinski definition) is 6. The summed E-state index contributed by atoms with van der Waals surface area (Å²) in [5.41, 5.74) is 4.49. The van der Waals surface area contributed by atoms with Crippen molar-refractivity contribution >= 4 is 0 Å². The van der Waals surface area contributed by atoms with Crippen LogP contribution in [0.15, 0.2) is 36.4 Å². The zero-order valence-corrected chi connectivity index (χ0v) is 19.7. The highest BCUT2D eigenvalue weighted by Crippen LogP contribution is 2.40. The second-order valence-electron chi connectivity index (χ2n) is 10.3. The zero-order chi connectivity index (χ0) is 22.3. The van der Waals surface area contributed by atoms with Crippen LogP contribution < -0.4 is 14.2 Å². The highest BCUT2D eigenvalue weighted by atomic mass is 16.7. The maximum atomic E-state index is 6.11. The fourth-order valence-electron chi connectivity index (χ4n) is 6.08. The minimum atomic E-state index is 0.321. The van der Waals surface area contributed by atoms with E-state index in [0.717, 1.165) is 50.0 Å². The second kappa shape index (κ2) is 8.82. The normalized spacial score (nSPS) is 25.4. The van der Waals surface area contributed by atoms with E-state index in [0.29, 0.717) is 12.2 Å². The van der Waals surface area contributed by atoms with Gasteiger partial charge in [-0.05, 0) is 73.3 Å². The molecule has 6 rings (SSSR count). The molecule has 2 aromatic rings. The van der Waals surface area contributed by atoms with Gasteiger partial charge in [0.25, 0.3) is 0 Å². The van der Waals surface area contributed by atoms with Crippen molar-refractivity contribution < 1.29 is 14.2 Å². The molecule has 0 aliphatic carbocycles. The van der Waals surface area contributed by atoms with Gasteiger partial charge in [0.05, 0.1) is 0 Å². The van der Waals surface area contributed by atoms with Crippen molar-refractivity contribution in [1.29, 1.82) is 0 Å². The molecule has 33 heavy (non-hydrogen) atoms. The van der Waals surface area contributed by atoms with Crippen LogP contribution in [0.25, 0.3) is 0 Å². The van der Waals surface area contributed by atoms with Gasteiger partial charge in [0.1, 0.15) is 12.4 Å². The van der Waals surface area contributed by atoms with E-state index in [4.69, 9.17) is 14.2 Å². The summed E-state index contributed by atoms with van der Waals surface area (Å²) in [4.78, 5) is 7.76. The molecular formula is C27H35N3O3. The zero-order valence-electron chi connectivity index (χ0n) is 19.7. The third-order valence-electron chi connectivity index (χ3n) is 7.92. The molecule has 0 amide bonds. The number of rotatable bonds is 5. The summed E-state index contributed by atoms with van der Waals surface area (Å²) < 4.78 is 17.1. The van der Waals surface area contributed by atoms with Gasteiger partial charge in [0.15, 0.2) is 11.5 Å². The summed E-state index contributed by atoms with van der Waals surface area (Å²) in [7, 11) is 0. The lowest BCUT2D eigenvalue weighted by molar-refractivity contribution is 0.174. The van der Waals surface area contributed by atoms with Crippen molar-refractivity contribution in [2.45, 2.75) is 39.4 Å². The van der Waals surface area contributed by atoms with Crippen molar-refractivity contribution in [1.82, 2.24) is 14.7 Å². The molecule has 2 fully saturated rings. The predicted octanol–water partition coefficient (Wildman–Crippen LogP) is 3.73. The van der Waals surface area contributed by atoms with Gasteiger partial charge in [-0.3, -0.25) is 9.80 Å². The first kappa shape index (κ1) is 21.3. The number of likely N-dealkylation sites (tertiary alicyclic amines) is 2. The smallest absolute Gasteiger partial charge is 0.231 e. The van der Waals surface area contributed by atoms with E-state index in [1.807, 2.05) is 6.07 Å². The summed E-state index contributed by atoms with van der Waals surface area (Å²) in [5.74, 6) is 2.74. The van der Waals surface area contributed by atoms with E-state index in [9.17, 15) is 0 Å². The van der Waals surface area contributed by atoms with Crippen molar-refractivity contribution in [3.63, 3.8) is 0 Å². The van der Waals surface area contributed by atoms with Crippen LogP contribution in [-0.4, -0.2) is 67.4 Å². The first-order valence-electron chi connectivity index (χ1n) is 12.5. The Labute approximate surface area is 197 Å². The van der Waals surface area contributed by atoms with Crippen molar-refractivity contribution in [2.75, 3.05) is 52.7 Å². The Morgan fingerprint density at radius 2 is 1.48 bits per heavy atom. The van der Waals surface area contributed by atoms with Gasteiger partial charge in [-0.15, -0.1) is 0 Å². The average Bonchev–Trinajstić information content (AvgIpc) is 3.52. The molecular weight excluding hydrogens is 414 g/mol. The largest absolute Gasteiger partial charge is 0.492 e. The Morgan fingerprint density at radius 1 is 0.758 bits per heavy atom. The van der Waals surface area contributed by atoms with E-state index in [-0.39, 0.29) is 0 Å². The molecule has 4 aliphatic rings. The molecule has 6 nitrogen and oxygen atoms in total. The van der Waals surface area contributed by atoms with Crippen molar-refractivity contribution in [3.8, 4) is 17.2 Å². The summed E-state index contributed by atoms with van der Waals surface area (Å²) in [6.45, 7) is 13.3. The van der Waals surface area contributed by atoms with Crippen molar-refractivity contribution in [2.24, 2.45) is 5.41 Å². The number of benzene rings is 2. The third-order valence-corrected chi connectivity index (χ3v) is 7.92. The Balaban J connectivity index is 1.12. The molecule has 2 saturated heterocycles. The molecule has 0 radical (unpaired) electrons. The fourth-order valence-corrected chi connectivity index (χ4v) is 6.08. The summed E-state index contributed by atoms with van der Waals surface area (Å²) >= 11 is 0. The van der Waals surface area contributed by atoms with Gasteiger partial charge in [0, 0.05) is 44.8 Å². The molecule has 0 saturated carbocycles. The third kappa shape index (κ3) is 4.44. The number of fused-ring (bicyclic) bond motifs is 2. The monoisotopic (exact) mass is 449 g/mol. The maximum absolute atomic E-state index is 6.11. The summed E-state index contributed by atoms with van der Waals surface area (Å²) in [6.07, 6.45) is 2.71. The second-order valence-corrected chi connectivity index (χ2v) is 10.3. The molecule has 176 valence electrons. The van der Waals surface area contributed by atoms with Crippen LogP contribution in [0.4, 0.5) is 0 Å². The van der Waals surface area contributed by atoms with E-state index >= 15 is 0 Å². The molecule has 1 spiro atoms. The average molecular weight is 450 g/mol. The minimum absolute atomic E-state index is 0.321. The molecule has 4 heterocycles. The Bertz CT molecular complexity index is 1010. The molecule has 0 aromatic heterocycles. The van der Waals surface area contributed by atoms with E-state index < -0.39 is 0 Å². The van der Waals surface area contributed by atoms with E-state index in [2.05, 4.69) is 52.0 Å². The van der Waals surface area contributed by atoms with Crippen LogP contribution in [0.3, 0.4) is 0 Å². The van der Waals surface area contributed by atoms with Gasteiger partial charge < -0.3 is 19.1 Å². The molecule has 0 bridgehead atoms. The molecule has 2 aromatic carbocycles. The van der Waals surface area contributed by atoms with Crippen LogP contribution in [0.5, 0.6) is 17.2 Å². The molecule has 1 atom stereocenters. The van der Waals surface area contributed by atoms with E-state index in [1.165, 1.54) is 62.3 Å². The van der Waals surface area contributed by atoms with Crippen LogP contribution >= 0.6 is 0 Å². The highest BCUT2D eigenvalue weighted by molar-refractivity contribution is 5.44. The number of hydrogen-bond donors (Lipinski definition) is 0. The lowest BCUT2D eigenvalue weighted by Gasteiger charge is -2.25. The van der Waals surface area contributed by atoms with Gasteiger partial charge >= 0.3 is 0 Å². The van der Waals surface area contributed by atoms with Crippen LogP contribution in [0.1, 0.15) is 36.5 Å². The predicted molar refractivity (Wildman–Crippen MR) is 128 cm³/mol. The fraction of sp³-hybridized carbons (Fsp3) is 0.556. The molecule has 4 aliphatic heterocycles. The standard InChI is InChI=1S/C27H35N3O3/c1-2-28-9-7-27(18-28)8-10-30(19-27)16-21-3-5-24-23(13-21)17-29(11-12-31-24)15-22-4-6-25-26(14-22)33-20-32-25/h3-6,13-14H,2,7-12,15-20H2,1H3. The number of ether oxygens (including phenoxy) is 3. The first-order chi connectivity index (χ1) is 16.2. The van der Waals surface area contributed by atoms with Crippen LogP contribution in [-0.2, 0) is 19.6 Å². The lowest BCUT2D eigenvalue weighted by Crippen LogP contribution is -2.30. The topological polar surface area (TPSA) is 37.4 Å².